The molecule has 1 fully saturated rings. The van der Waals surface area contributed by atoms with Crippen molar-refractivity contribution in [3.63, 3.8) is 0 Å². The van der Waals surface area contributed by atoms with Crippen LogP contribution in [0.2, 0.25) is 0 Å². The van der Waals surface area contributed by atoms with Gasteiger partial charge in [0.05, 0.1) is 3.79 Å². The van der Waals surface area contributed by atoms with E-state index in [-0.39, 0.29) is 0 Å². The lowest BCUT2D eigenvalue weighted by Crippen LogP contribution is -2.54. The quantitative estimate of drug-likeness (QED) is 0.870. The van der Waals surface area contributed by atoms with Gasteiger partial charge < -0.3 is 10.6 Å². The predicted octanol–water partition coefficient (Wildman–Crippen LogP) is 2.35. The Labute approximate surface area is 123 Å². The largest absolute Gasteiger partial charge is 0.329 e. The van der Waals surface area contributed by atoms with Crippen molar-refractivity contribution in [2.24, 2.45) is 5.73 Å². The van der Waals surface area contributed by atoms with Crippen LogP contribution in [-0.4, -0.2) is 49.1 Å². The lowest BCUT2D eigenvalue weighted by molar-refractivity contribution is 0.0890. The number of nitrogens with zero attached hydrogens (tertiary/aromatic N) is 2. The Bertz CT molecular complexity index is 363. The molecule has 0 spiro atoms. The van der Waals surface area contributed by atoms with E-state index < -0.39 is 0 Å². The molecule has 3 nitrogen and oxygen atoms in total. The second kappa shape index (κ2) is 6.12. The molecular formula is C11H17Br2N3S. The highest BCUT2D eigenvalue weighted by atomic mass is 79.9. The first-order valence-electron chi connectivity index (χ1n) is 5.66. The first kappa shape index (κ1) is 14.0. The van der Waals surface area contributed by atoms with Crippen LogP contribution in [-0.2, 0) is 6.54 Å². The fourth-order valence-corrected chi connectivity index (χ4v) is 4.35. The third kappa shape index (κ3) is 3.52. The molecule has 1 atom stereocenters. The molecule has 0 aliphatic carbocycles. The van der Waals surface area contributed by atoms with Gasteiger partial charge in [-0.25, -0.2) is 0 Å². The highest BCUT2D eigenvalue weighted by Crippen LogP contribution is 2.33. The van der Waals surface area contributed by atoms with Gasteiger partial charge in [-0.2, -0.15) is 0 Å². The molecule has 0 saturated carbocycles. The minimum absolute atomic E-state index is 0.480. The van der Waals surface area contributed by atoms with Gasteiger partial charge in [0.25, 0.3) is 0 Å². The van der Waals surface area contributed by atoms with Crippen LogP contribution in [0, 0.1) is 0 Å². The minimum atomic E-state index is 0.480. The van der Waals surface area contributed by atoms with Gasteiger partial charge >= 0.3 is 0 Å². The monoisotopic (exact) mass is 381 g/mol. The van der Waals surface area contributed by atoms with Crippen LogP contribution in [0.25, 0.3) is 0 Å². The van der Waals surface area contributed by atoms with Crippen molar-refractivity contribution in [1.82, 2.24) is 9.80 Å². The summed E-state index contributed by atoms with van der Waals surface area (Å²) < 4.78 is 2.32. The fourth-order valence-electron chi connectivity index (χ4n) is 2.15. The summed E-state index contributed by atoms with van der Waals surface area (Å²) in [4.78, 5) is 6.23. The van der Waals surface area contributed by atoms with Gasteiger partial charge in [0.15, 0.2) is 0 Å². The van der Waals surface area contributed by atoms with E-state index in [4.69, 9.17) is 5.73 Å². The highest BCUT2D eigenvalue weighted by Gasteiger charge is 2.24. The Hall–Kier alpha value is 0.540. The molecule has 2 N–H and O–H groups in total. The predicted molar refractivity (Wildman–Crippen MR) is 80.5 cm³/mol. The lowest BCUT2D eigenvalue weighted by atomic mass is 10.1. The van der Waals surface area contributed by atoms with Crippen molar-refractivity contribution in [2.75, 3.05) is 33.2 Å². The number of halogens is 2. The number of piperazine rings is 1. The van der Waals surface area contributed by atoms with Crippen molar-refractivity contribution in [3.8, 4) is 0 Å². The van der Waals surface area contributed by atoms with Crippen molar-refractivity contribution < 1.29 is 0 Å². The average molecular weight is 383 g/mol. The van der Waals surface area contributed by atoms with E-state index in [0.717, 1.165) is 37.2 Å². The number of thiophene rings is 1. The zero-order valence-corrected chi connectivity index (χ0v) is 13.8. The summed E-state index contributed by atoms with van der Waals surface area (Å²) in [5.41, 5.74) is 5.86. The molecular weight excluding hydrogens is 366 g/mol. The van der Waals surface area contributed by atoms with Crippen LogP contribution in [0.3, 0.4) is 0 Å². The van der Waals surface area contributed by atoms with Gasteiger partial charge in [0, 0.05) is 48.1 Å². The van der Waals surface area contributed by atoms with E-state index in [1.54, 1.807) is 11.3 Å². The standard InChI is InChI=1S/C11H17Br2N3S/c1-15-2-3-16(8(5-14)6-15)7-9-4-10(12)11(13)17-9/h4,8H,2-3,5-7,14H2,1H3. The van der Waals surface area contributed by atoms with Crippen molar-refractivity contribution in [1.29, 1.82) is 0 Å². The molecule has 0 amide bonds. The number of likely N-dealkylation sites (N-methyl/N-ethyl adjacent to an activating group) is 1. The summed E-state index contributed by atoms with van der Waals surface area (Å²) in [6.45, 7) is 5.04. The summed E-state index contributed by atoms with van der Waals surface area (Å²) in [7, 11) is 2.16. The van der Waals surface area contributed by atoms with Gasteiger partial charge in [-0.1, -0.05) is 0 Å². The summed E-state index contributed by atoms with van der Waals surface area (Å²) >= 11 is 8.87. The smallest absolute Gasteiger partial charge is 0.0843 e. The Kier molecular flexibility index (Phi) is 5.03. The maximum Gasteiger partial charge on any atom is 0.0843 e. The molecule has 0 aromatic carbocycles. The Morgan fingerprint density at radius 3 is 2.82 bits per heavy atom. The van der Waals surface area contributed by atoms with Crippen molar-refractivity contribution in [3.05, 3.63) is 19.2 Å². The number of rotatable bonds is 3. The topological polar surface area (TPSA) is 32.5 Å². The molecule has 1 aliphatic heterocycles. The molecule has 1 aromatic heterocycles. The SMILES string of the molecule is CN1CCN(Cc2cc(Br)c(Br)s2)C(CN)C1. The zero-order chi connectivity index (χ0) is 12.4. The van der Waals surface area contributed by atoms with E-state index in [9.17, 15) is 0 Å². The van der Waals surface area contributed by atoms with Crippen molar-refractivity contribution in [2.45, 2.75) is 12.6 Å². The maximum atomic E-state index is 5.86. The van der Waals surface area contributed by atoms with Crippen LogP contribution in [0.15, 0.2) is 14.3 Å². The van der Waals surface area contributed by atoms with Gasteiger partial charge in [-0.05, 0) is 45.0 Å². The van der Waals surface area contributed by atoms with Crippen molar-refractivity contribution >= 4 is 43.2 Å². The molecule has 96 valence electrons. The molecule has 1 aromatic rings. The van der Waals surface area contributed by atoms with Crippen LogP contribution >= 0.6 is 43.2 Å². The molecule has 2 heterocycles. The first-order chi connectivity index (χ1) is 8.10. The summed E-state index contributed by atoms with van der Waals surface area (Å²) in [5, 5.41) is 0. The van der Waals surface area contributed by atoms with E-state index >= 15 is 0 Å². The highest BCUT2D eigenvalue weighted by molar-refractivity contribution is 9.13. The van der Waals surface area contributed by atoms with Gasteiger partial charge in [-0.3, -0.25) is 4.90 Å². The maximum absolute atomic E-state index is 5.86. The Morgan fingerprint density at radius 1 is 1.47 bits per heavy atom. The normalized spacial score (nSPS) is 23.2. The van der Waals surface area contributed by atoms with E-state index in [0.29, 0.717) is 6.04 Å². The van der Waals surface area contributed by atoms with Crippen LogP contribution in [0.5, 0.6) is 0 Å². The third-order valence-corrected chi connectivity index (χ3v) is 6.38. The lowest BCUT2D eigenvalue weighted by Gasteiger charge is -2.39. The molecule has 1 unspecified atom stereocenters. The molecule has 2 rings (SSSR count). The second-order valence-electron chi connectivity index (χ2n) is 4.46. The second-order valence-corrected chi connectivity index (χ2v) is 7.77. The molecule has 0 radical (unpaired) electrons. The molecule has 1 saturated heterocycles. The van der Waals surface area contributed by atoms with E-state index in [1.807, 2.05) is 0 Å². The van der Waals surface area contributed by atoms with Crippen LogP contribution in [0.4, 0.5) is 0 Å². The molecule has 1 aliphatic rings. The number of hydrogen-bond donors (Lipinski definition) is 1. The molecule has 17 heavy (non-hydrogen) atoms. The summed E-state index contributed by atoms with van der Waals surface area (Å²) in [6.07, 6.45) is 0. The molecule has 6 heteroatoms. The molecule has 0 bridgehead atoms. The third-order valence-electron chi connectivity index (χ3n) is 3.13. The first-order valence-corrected chi connectivity index (χ1v) is 8.06. The minimum Gasteiger partial charge on any atom is -0.329 e. The average Bonchev–Trinajstić information content (AvgIpc) is 2.60. The number of hydrogen-bond acceptors (Lipinski definition) is 4. The van der Waals surface area contributed by atoms with E-state index in [2.05, 4.69) is 54.8 Å². The van der Waals surface area contributed by atoms with Gasteiger partial charge in [0.1, 0.15) is 0 Å². The number of nitrogens with two attached hydrogens (primary N) is 1. The van der Waals surface area contributed by atoms with Gasteiger partial charge in [-0.15, -0.1) is 11.3 Å². The van der Waals surface area contributed by atoms with Crippen LogP contribution < -0.4 is 5.73 Å². The zero-order valence-electron chi connectivity index (χ0n) is 9.83. The summed E-state index contributed by atoms with van der Waals surface area (Å²) in [5.74, 6) is 0. The summed E-state index contributed by atoms with van der Waals surface area (Å²) in [6, 6.07) is 2.68. The Balaban J connectivity index is 2.02. The van der Waals surface area contributed by atoms with E-state index in [1.165, 1.54) is 8.66 Å². The fraction of sp³-hybridized carbons (Fsp3) is 0.636. The Morgan fingerprint density at radius 2 is 2.24 bits per heavy atom. The van der Waals surface area contributed by atoms with Gasteiger partial charge in [0.2, 0.25) is 0 Å². The van der Waals surface area contributed by atoms with Crippen LogP contribution in [0.1, 0.15) is 4.88 Å².